The molecule has 0 heterocycles. The Kier molecular flexibility index (Phi) is 13.6. The quantitative estimate of drug-likeness (QED) is 0.336. The van der Waals surface area contributed by atoms with Gasteiger partial charge in [-0.2, -0.15) is 0 Å². The lowest BCUT2D eigenvalue weighted by Crippen LogP contribution is -2.43. The molecule has 0 fully saturated rings. The maximum Gasteiger partial charge on any atom is 0.306 e. The van der Waals surface area contributed by atoms with Gasteiger partial charge in [0.1, 0.15) is 9.04 Å². The van der Waals surface area contributed by atoms with Gasteiger partial charge in [-0.15, -0.1) is 0 Å². The lowest BCUT2D eigenvalue weighted by Gasteiger charge is -2.22. The molecule has 4 heteroatoms. The SMILES string of the molecule is CCCCCCCCCCCC[Si][Si](C)(OC)OC. The molecule has 0 saturated carbocycles. The fraction of sp³-hybridized carbons (Fsp3) is 1.00. The highest BCUT2D eigenvalue weighted by molar-refractivity contribution is 7.17. The Morgan fingerprint density at radius 1 is 0.737 bits per heavy atom. The molecular formula is C15H34O2Si2. The van der Waals surface area contributed by atoms with Gasteiger partial charge in [0, 0.05) is 14.2 Å². The van der Waals surface area contributed by atoms with Crippen LogP contribution in [0.25, 0.3) is 0 Å². The molecule has 0 N–H and O–H groups in total. The largest absolute Gasteiger partial charge is 0.400 e. The van der Waals surface area contributed by atoms with Crippen LogP contribution in [-0.4, -0.2) is 31.3 Å². The van der Waals surface area contributed by atoms with Crippen molar-refractivity contribution in [2.24, 2.45) is 0 Å². The number of unbranched alkanes of at least 4 members (excludes halogenated alkanes) is 9. The Balaban J connectivity index is 3.19. The average molecular weight is 303 g/mol. The second kappa shape index (κ2) is 13.3. The minimum atomic E-state index is -1.76. The van der Waals surface area contributed by atoms with Crippen LogP contribution in [0.1, 0.15) is 71.1 Å². The Hall–Kier alpha value is 0.354. The molecule has 2 nitrogen and oxygen atoms in total. The standard InChI is InChI=1S/C15H34O2Si2/c1-5-6-7-8-9-10-11-12-13-14-15-18-19(4,16-2)17-3/h5-15H2,1-4H3. The summed E-state index contributed by atoms with van der Waals surface area (Å²) in [6.45, 7) is 4.45. The highest BCUT2D eigenvalue weighted by atomic mass is 29.2. The summed E-state index contributed by atoms with van der Waals surface area (Å²) in [5, 5.41) is 0. The van der Waals surface area contributed by atoms with Crippen molar-refractivity contribution in [2.75, 3.05) is 14.2 Å². The molecule has 0 aliphatic heterocycles. The highest BCUT2D eigenvalue weighted by Crippen LogP contribution is 2.12. The molecule has 0 rings (SSSR count). The van der Waals surface area contributed by atoms with E-state index in [2.05, 4.69) is 13.5 Å². The second-order valence-electron chi connectivity index (χ2n) is 5.46. The summed E-state index contributed by atoms with van der Waals surface area (Å²) in [5.41, 5.74) is 0. The van der Waals surface area contributed by atoms with Gasteiger partial charge in [0.2, 0.25) is 0 Å². The monoisotopic (exact) mass is 302 g/mol. The van der Waals surface area contributed by atoms with Crippen LogP contribution in [0, 0.1) is 0 Å². The molecule has 114 valence electrons. The molecule has 0 aromatic rings. The molecule has 0 spiro atoms. The van der Waals surface area contributed by atoms with Gasteiger partial charge in [-0.25, -0.2) is 0 Å². The molecule has 0 aliphatic rings. The van der Waals surface area contributed by atoms with Crippen molar-refractivity contribution in [1.82, 2.24) is 0 Å². The third-order valence-corrected chi connectivity index (χ3v) is 10.5. The molecule has 0 unspecified atom stereocenters. The zero-order valence-corrected chi connectivity index (χ0v) is 15.6. The zero-order chi connectivity index (χ0) is 14.4. The van der Waals surface area contributed by atoms with Gasteiger partial charge < -0.3 is 8.85 Å². The van der Waals surface area contributed by atoms with Crippen molar-refractivity contribution in [3.8, 4) is 0 Å². The number of hydrogen-bond acceptors (Lipinski definition) is 2. The van der Waals surface area contributed by atoms with Crippen LogP contribution >= 0.6 is 0 Å². The summed E-state index contributed by atoms with van der Waals surface area (Å²) in [4.78, 5) is 0. The Morgan fingerprint density at radius 2 is 1.16 bits per heavy atom. The van der Waals surface area contributed by atoms with E-state index in [4.69, 9.17) is 8.85 Å². The van der Waals surface area contributed by atoms with E-state index in [0.717, 1.165) is 9.04 Å². The first-order chi connectivity index (χ1) is 9.18. The van der Waals surface area contributed by atoms with Gasteiger partial charge in [-0.1, -0.05) is 77.2 Å². The molecular weight excluding hydrogens is 268 g/mol. The number of rotatable bonds is 14. The van der Waals surface area contributed by atoms with E-state index in [-0.39, 0.29) is 0 Å². The van der Waals surface area contributed by atoms with Crippen LogP contribution in [-0.2, 0) is 8.85 Å². The molecule has 0 amide bonds. The van der Waals surface area contributed by atoms with Crippen molar-refractivity contribution < 1.29 is 8.85 Å². The van der Waals surface area contributed by atoms with E-state index in [9.17, 15) is 0 Å². The van der Waals surface area contributed by atoms with Gasteiger partial charge in [0.05, 0.1) is 0 Å². The van der Waals surface area contributed by atoms with Crippen molar-refractivity contribution >= 4 is 17.1 Å². The van der Waals surface area contributed by atoms with Crippen LogP contribution < -0.4 is 0 Å². The predicted octanol–water partition coefficient (Wildman–Crippen LogP) is 4.89. The van der Waals surface area contributed by atoms with E-state index in [0.29, 0.717) is 0 Å². The summed E-state index contributed by atoms with van der Waals surface area (Å²) in [6.07, 6.45) is 14.1. The van der Waals surface area contributed by atoms with Crippen LogP contribution in [0.3, 0.4) is 0 Å². The first-order valence-electron chi connectivity index (χ1n) is 8.04. The lowest BCUT2D eigenvalue weighted by molar-refractivity contribution is 0.272. The summed E-state index contributed by atoms with van der Waals surface area (Å²) in [6, 6.07) is 1.29. The molecule has 19 heavy (non-hydrogen) atoms. The van der Waals surface area contributed by atoms with Crippen molar-refractivity contribution in [3.05, 3.63) is 0 Å². The van der Waals surface area contributed by atoms with Crippen LogP contribution in [0.15, 0.2) is 0 Å². The van der Waals surface area contributed by atoms with Crippen LogP contribution in [0.5, 0.6) is 0 Å². The molecule has 0 aromatic carbocycles. The van der Waals surface area contributed by atoms with Gasteiger partial charge in [-0.3, -0.25) is 0 Å². The van der Waals surface area contributed by atoms with E-state index >= 15 is 0 Å². The topological polar surface area (TPSA) is 18.5 Å². The summed E-state index contributed by atoms with van der Waals surface area (Å²) in [7, 11) is 2.70. The highest BCUT2D eigenvalue weighted by Gasteiger charge is 2.27. The van der Waals surface area contributed by atoms with Crippen LogP contribution in [0.4, 0.5) is 0 Å². The predicted molar refractivity (Wildman–Crippen MR) is 88.0 cm³/mol. The Bertz CT molecular complexity index is 185. The molecule has 0 atom stereocenters. The fourth-order valence-electron chi connectivity index (χ4n) is 2.16. The minimum absolute atomic E-state index is 0.883. The molecule has 0 aliphatic carbocycles. The van der Waals surface area contributed by atoms with E-state index in [1.54, 1.807) is 14.2 Å². The first kappa shape index (κ1) is 19.4. The van der Waals surface area contributed by atoms with Crippen molar-refractivity contribution in [1.29, 1.82) is 0 Å². The molecule has 0 aromatic heterocycles. The van der Waals surface area contributed by atoms with Gasteiger partial charge in [0.15, 0.2) is 0 Å². The maximum atomic E-state index is 5.51. The smallest absolute Gasteiger partial charge is 0.306 e. The molecule has 2 radical (unpaired) electrons. The lowest BCUT2D eigenvalue weighted by atomic mass is 10.1. The van der Waals surface area contributed by atoms with Crippen molar-refractivity contribution in [2.45, 2.75) is 83.7 Å². The maximum absolute atomic E-state index is 5.51. The van der Waals surface area contributed by atoms with Gasteiger partial charge in [-0.05, 0) is 6.55 Å². The summed E-state index contributed by atoms with van der Waals surface area (Å²) in [5.74, 6) is 0. The normalized spacial score (nSPS) is 12.0. The third-order valence-electron chi connectivity index (χ3n) is 3.76. The Morgan fingerprint density at radius 3 is 1.58 bits per heavy atom. The van der Waals surface area contributed by atoms with E-state index < -0.39 is 8.08 Å². The molecule has 0 saturated heterocycles. The third kappa shape index (κ3) is 11.8. The average Bonchev–Trinajstić information content (AvgIpc) is 2.44. The summed E-state index contributed by atoms with van der Waals surface area (Å²) < 4.78 is 11.0. The van der Waals surface area contributed by atoms with Crippen molar-refractivity contribution in [3.63, 3.8) is 0 Å². The van der Waals surface area contributed by atoms with E-state index in [1.807, 2.05) is 0 Å². The second-order valence-corrected chi connectivity index (χ2v) is 12.8. The number of hydrogen-bond donors (Lipinski definition) is 0. The Labute approximate surface area is 124 Å². The molecule has 0 bridgehead atoms. The van der Waals surface area contributed by atoms with E-state index in [1.165, 1.54) is 70.3 Å². The zero-order valence-electron chi connectivity index (χ0n) is 13.6. The van der Waals surface area contributed by atoms with Crippen LogP contribution in [0.2, 0.25) is 12.6 Å². The summed E-state index contributed by atoms with van der Waals surface area (Å²) >= 11 is 0. The fourth-order valence-corrected chi connectivity index (χ4v) is 6.25. The van der Waals surface area contributed by atoms with Gasteiger partial charge >= 0.3 is 8.08 Å². The first-order valence-corrected chi connectivity index (χ1v) is 12.6. The minimum Gasteiger partial charge on any atom is -0.400 e. The van der Waals surface area contributed by atoms with Gasteiger partial charge in [0.25, 0.3) is 0 Å².